The fraction of sp³-hybridized carbons (Fsp3) is 1.00. The van der Waals surface area contributed by atoms with Gasteiger partial charge in [-0.25, -0.2) is 0 Å². The van der Waals surface area contributed by atoms with Crippen LogP contribution in [-0.2, 0) is 4.74 Å². The fourth-order valence-corrected chi connectivity index (χ4v) is 1.20. The molecule has 0 heterocycles. The third-order valence-corrected chi connectivity index (χ3v) is 1.37. The average molecular weight is 191 g/mol. The zero-order valence-electron chi connectivity index (χ0n) is 5.11. The Bertz CT molecular complexity index is 67.2. The smallest absolute Gasteiger partial charge is 0.133 e. The topological polar surface area (TPSA) is 9.23 Å². The highest BCUT2D eigenvalue weighted by Gasteiger charge is 2.07. The van der Waals surface area contributed by atoms with Crippen LogP contribution in [0, 0.1) is 0 Å². The van der Waals surface area contributed by atoms with Gasteiger partial charge in [-0.15, -0.1) is 23.2 Å². The Morgan fingerprint density at radius 1 is 1.33 bits per heavy atom. The first-order valence-corrected chi connectivity index (χ1v) is 4.01. The summed E-state index contributed by atoms with van der Waals surface area (Å²) in [6.45, 7) is 2.46. The molecule has 0 aliphatic rings. The number of alkyl halides is 3. The van der Waals surface area contributed by atoms with Gasteiger partial charge in [0.05, 0.1) is 0 Å². The minimum absolute atomic E-state index is 0.352. The summed E-state index contributed by atoms with van der Waals surface area (Å²) in [6, 6.07) is 0. The van der Waals surface area contributed by atoms with Crippen molar-refractivity contribution in [3.8, 4) is 0 Å². The molecule has 56 valence electrons. The Labute approximate surface area is 70.2 Å². The number of hydrogen-bond donors (Lipinski definition) is 0. The van der Waals surface area contributed by atoms with Crippen LogP contribution in [0.25, 0.3) is 0 Å². The van der Waals surface area contributed by atoms with Crippen LogP contribution in [0.15, 0.2) is 0 Å². The molecule has 4 heteroatoms. The fourth-order valence-electron chi connectivity index (χ4n) is 0.389. The minimum atomic E-state index is -0.431. The van der Waals surface area contributed by atoms with Gasteiger partial charge in [-0.2, -0.15) is 0 Å². The molecular formula is C5H9Cl3O. The van der Waals surface area contributed by atoms with Crippen LogP contribution < -0.4 is 0 Å². The van der Waals surface area contributed by atoms with Crippen molar-refractivity contribution in [1.29, 1.82) is 0 Å². The summed E-state index contributed by atoms with van der Waals surface area (Å²) in [5, 5.41) is 0. The lowest BCUT2D eigenvalue weighted by Crippen LogP contribution is -2.07. The van der Waals surface area contributed by atoms with Crippen molar-refractivity contribution in [3.63, 3.8) is 0 Å². The SMILES string of the molecule is CCOC(Cl)CC(Cl)Cl. The standard InChI is InChI=1S/C5H9Cl3O/c1-2-9-5(8)3-4(6)7/h4-5H,2-3H2,1H3. The molecule has 0 aromatic rings. The summed E-state index contributed by atoms with van der Waals surface area (Å²) >= 11 is 16.4. The summed E-state index contributed by atoms with van der Waals surface area (Å²) in [7, 11) is 0. The molecule has 0 radical (unpaired) electrons. The average Bonchev–Trinajstić information content (AvgIpc) is 1.63. The Morgan fingerprint density at radius 3 is 2.22 bits per heavy atom. The molecule has 0 N–H and O–H groups in total. The molecule has 1 unspecified atom stereocenters. The Kier molecular flexibility index (Phi) is 6.12. The maximum atomic E-state index is 5.58. The molecule has 0 aromatic heterocycles. The molecule has 0 amide bonds. The highest BCUT2D eigenvalue weighted by Crippen LogP contribution is 2.14. The van der Waals surface area contributed by atoms with Crippen LogP contribution in [0.5, 0.6) is 0 Å². The van der Waals surface area contributed by atoms with Crippen LogP contribution in [-0.4, -0.2) is 17.0 Å². The van der Waals surface area contributed by atoms with E-state index in [2.05, 4.69) is 0 Å². The second-order valence-electron chi connectivity index (χ2n) is 1.49. The lowest BCUT2D eigenvalue weighted by atomic mass is 10.5. The maximum absolute atomic E-state index is 5.58. The molecule has 0 aliphatic carbocycles. The Balaban J connectivity index is 3.15. The minimum Gasteiger partial charge on any atom is -0.363 e. The third kappa shape index (κ3) is 6.72. The van der Waals surface area contributed by atoms with Crippen LogP contribution in [0.1, 0.15) is 13.3 Å². The van der Waals surface area contributed by atoms with E-state index in [0.717, 1.165) is 0 Å². The lowest BCUT2D eigenvalue weighted by molar-refractivity contribution is 0.116. The van der Waals surface area contributed by atoms with Gasteiger partial charge in [-0.1, -0.05) is 11.6 Å². The first-order valence-electron chi connectivity index (χ1n) is 2.70. The van der Waals surface area contributed by atoms with E-state index in [1.165, 1.54) is 0 Å². The van der Waals surface area contributed by atoms with Crippen molar-refractivity contribution in [2.24, 2.45) is 0 Å². The van der Waals surface area contributed by atoms with E-state index in [1.807, 2.05) is 6.92 Å². The van der Waals surface area contributed by atoms with Gasteiger partial charge in [-0.05, 0) is 6.92 Å². The molecule has 9 heavy (non-hydrogen) atoms. The van der Waals surface area contributed by atoms with Crippen LogP contribution in [0.3, 0.4) is 0 Å². The second-order valence-corrected chi connectivity index (χ2v) is 3.26. The molecule has 0 spiro atoms. The molecular weight excluding hydrogens is 182 g/mol. The van der Waals surface area contributed by atoms with Gasteiger partial charge in [0.1, 0.15) is 10.4 Å². The summed E-state index contributed by atoms with van der Waals surface area (Å²) in [4.78, 5) is -0.431. The molecule has 1 atom stereocenters. The van der Waals surface area contributed by atoms with Crippen molar-refractivity contribution in [2.75, 3.05) is 6.61 Å². The number of hydrogen-bond acceptors (Lipinski definition) is 1. The molecule has 0 fully saturated rings. The van der Waals surface area contributed by atoms with Crippen molar-refractivity contribution in [2.45, 2.75) is 23.7 Å². The molecule has 0 saturated carbocycles. The first kappa shape index (κ1) is 9.83. The molecule has 0 saturated heterocycles. The number of rotatable bonds is 4. The van der Waals surface area contributed by atoms with E-state index in [0.29, 0.717) is 13.0 Å². The second kappa shape index (κ2) is 5.60. The van der Waals surface area contributed by atoms with E-state index in [4.69, 9.17) is 39.5 Å². The van der Waals surface area contributed by atoms with Gasteiger partial charge >= 0.3 is 0 Å². The lowest BCUT2D eigenvalue weighted by Gasteiger charge is -2.08. The highest BCUT2D eigenvalue weighted by molar-refractivity contribution is 6.44. The summed E-state index contributed by atoms with van der Waals surface area (Å²) < 4.78 is 4.95. The van der Waals surface area contributed by atoms with Crippen molar-refractivity contribution < 1.29 is 4.74 Å². The van der Waals surface area contributed by atoms with E-state index in [9.17, 15) is 0 Å². The van der Waals surface area contributed by atoms with Crippen molar-refractivity contribution >= 4 is 34.8 Å². The van der Waals surface area contributed by atoms with Gasteiger partial charge in [0.15, 0.2) is 0 Å². The van der Waals surface area contributed by atoms with Gasteiger partial charge in [0.2, 0.25) is 0 Å². The Hall–Kier alpha value is 0.830. The van der Waals surface area contributed by atoms with Gasteiger partial charge in [0, 0.05) is 13.0 Å². The molecule has 0 bridgehead atoms. The normalized spacial score (nSPS) is 14.3. The Morgan fingerprint density at radius 2 is 1.89 bits per heavy atom. The van der Waals surface area contributed by atoms with Crippen LogP contribution in [0.4, 0.5) is 0 Å². The van der Waals surface area contributed by atoms with Crippen molar-refractivity contribution in [1.82, 2.24) is 0 Å². The van der Waals surface area contributed by atoms with Gasteiger partial charge in [-0.3, -0.25) is 0 Å². The predicted octanol–water partition coefficient (Wildman–Crippen LogP) is 2.78. The highest BCUT2D eigenvalue weighted by atomic mass is 35.5. The monoisotopic (exact) mass is 190 g/mol. The molecule has 0 rings (SSSR count). The van der Waals surface area contributed by atoms with Crippen molar-refractivity contribution in [3.05, 3.63) is 0 Å². The zero-order valence-corrected chi connectivity index (χ0v) is 7.38. The van der Waals surface area contributed by atoms with Crippen LogP contribution >= 0.6 is 34.8 Å². The summed E-state index contributed by atoms with van der Waals surface area (Å²) in [5.74, 6) is 0. The van der Waals surface area contributed by atoms with E-state index in [1.54, 1.807) is 0 Å². The van der Waals surface area contributed by atoms with E-state index < -0.39 is 4.84 Å². The van der Waals surface area contributed by atoms with E-state index >= 15 is 0 Å². The van der Waals surface area contributed by atoms with E-state index in [-0.39, 0.29) is 5.56 Å². The quantitative estimate of drug-likeness (QED) is 0.621. The summed E-state index contributed by atoms with van der Waals surface area (Å²) in [6.07, 6.45) is 0.471. The van der Waals surface area contributed by atoms with Gasteiger partial charge in [0.25, 0.3) is 0 Å². The first-order chi connectivity index (χ1) is 4.16. The predicted molar refractivity (Wildman–Crippen MR) is 41.4 cm³/mol. The molecule has 1 nitrogen and oxygen atoms in total. The number of halogens is 3. The zero-order chi connectivity index (χ0) is 7.28. The van der Waals surface area contributed by atoms with Gasteiger partial charge < -0.3 is 4.74 Å². The number of ether oxygens (including phenoxy) is 1. The largest absolute Gasteiger partial charge is 0.363 e. The molecule has 0 aliphatic heterocycles. The summed E-state index contributed by atoms with van der Waals surface area (Å²) in [5.41, 5.74) is -0.352. The molecule has 0 aromatic carbocycles. The van der Waals surface area contributed by atoms with Crippen LogP contribution in [0.2, 0.25) is 0 Å². The third-order valence-electron chi connectivity index (χ3n) is 0.711. The maximum Gasteiger partial charge on any atom is 0.133 e.